The molecule has 3 aromatic rings. The third-order valence-corrected chi connectivity index (χ3v) is 4.35. The Morgan fingerprint density at radius 1 is 1.23 bits per heavy atom. The van der Waals surface area contributed by atoms with Gasteiger partial charge in [-0.3, -0.25) is 14.6 Å². The molecule has 3 rings (SSSR count). The number of fused-ring (bicyclic) bond motifs is 1. The fraction of sp³-hybridized carbons (Fsp3) is 0.286. The number of amides is 1. The van der Waals surface area contributed by atoms with Crippen LogP contribution in [0, 0.1) is 12.8 Å². The molecule has 0 spiro atoms. The fourth-order valence-corrected chi connectivity index (χ4v) is 2.89. The Bertz CT molecular complexity index is 991. The van der Waals surface area contributed by atoms with Gasteiger partial charge in [-0.25, -0.2) is 0 Å². The monoisotopic (exact) mass is 349 g/mol. The predicted octanol–water partition coefficient (Wildman–Crippen LogP) is 4.00. The summed E-state index contributed by atoms with van der Waals surface area (Å²) in [5.41, 5.74) is 1.88. The summed E-state index contributed by atoms with van der Waals surface area (Å²) in [6.45, 7) is 6.67. The Balaban J connectivity index is 2.09. The lowest BCUT2D eigenvalue weighted by Gasteiger charge is -2.15. The van der Waals surface area contributed by atoms with Crippen molar-refractivity contribution in [3.05, 3.63) is 70.4 Å². The maximum Gasteiger partial charge on any atom is 0.272 e. The molecule has 134 valence electrons. The van der Waals surface area contributed by atoms with E-state index in [1.54, 1.807) is 35.2 Å². The summed E-state index contributed by atoms with van der Waals surface area (Å²) in [5.74, 6) is 0.130. The van der Waals surface area contributed by atoms with E-state index in [4.69, 9.17) is 0 Å². The van der Waals surface area contributed by atoms with Crippen LogP contribution >= 0.6 is 0 Å². The van der Waals surface area contributed by atoms with Gasteiger partial charge in [-0.15, -0.1) is 0 Å². The van der Waals surface area contributed by atoms with Crippen LogP contribution in [0.5, 0.6) is 0 Å². The molecule has 0 unspecified atom stereocenters. The lowest BCUT2D eigenvalue weighted by atomic mass is 10.1. The number of carbonyl (C=O) groups excluding carboxylic acids is 1. The maximum absolute atomic E-state index is 13.0. The Morgan fingerprint density at radius 3 is 2.73 bits per heavy atom. The standard InChI is InChI=1S/C21H23N3O2/c1-14(2)8-10-24-19(20(25)23-17-5-4-9-22-13-17)12-16-7-6-15(3)11-18(16)21(24)26/h4-7,9,11-14H,8,10H2,1-3H3,(H,23,25). The number of carbonyl (C=O) groups is 1. The van der Waals surface area contributed by atoms with Crippen LogP contribution in [-0.2, 0) is 6.54 Å². The second-order valence-electron chi connectivity index (χ2n) is 6.96. The molecule has 26 heavy (non-hydrogen) atoms. The number of anilines is 1. The van der Waals surface area contributed by atoms with Crippen molar-refractivity contribution in [1.82, 2.24) is 9.55 Å². The minimum atomic E-state index is -0.304. The van der Waals surface area contributed by atoms with E-state index in [1.807, 2.05) is 25.1 Å². The smallest absolute Gasteiger partial charge is 0.272 e. The van der Waals surface area contributed by atoms with Gasteiger partial charge in [0, 0.05) is 18.1 Å². The molecular weight excluding hydrogens is 326 g/mol. The van der Waals surface area contributed by atoms with Gasteiger partial charge in [0.1, 0.15) is 5.69 Å². The highest BCUT2D eigenvalue weighted by molar-refractivity contribution is 6.05. The van der Waals surface area contributed by atoms with E-state index < -0.39 is 0 Å². The summed E-state index contributed by atoms with van der Waals surface area (Å²) in [4.78, 5) is 29.9. The minimum absolute atomic E-state index is 0.122. The summed E-state index contributed by atoms with van der Waals surface area (Å²) < 4.78 is 1.59. The second kappa shape index (κ2) is 7.52. The van der Waals surface area contributed by atoms with E-state index in [1.165, 1.54) is 0 Å². The largest absolute Gasteiger partial charge is 0.319 e. The second-order valence-corrected chi connectivity index (χ2v) is 6.96. The van der Waals surface area contributed by atoms with E-state index in [-0.39, 0.29) is 11.5 Å². The van der Waals surface area contributed by atoms with Gasteiger partial charge in [0.05, 0.1) is 11.9 Å². The van der Waals surface area contributed by atoms with Crippen molar-refractivity contribution in [2.75, 3.05) is 5.32 Å². The lowest BCUT2D eigenvalue weighted by Crippen LogP contribution is -2.29. The quantitative estimate of drug-likeness (QED) is 0.757. The molecular formula is C21H23N3O2. The molecule has 0 bridgehead atoms. The van der Waals surface area contributed by atoms with Gasteiger partial charge in [0.25, 0.3) is 11.5 Å². The van der Waals surface area contributed by atoms with Crippen LogP contribution in [0.1, 0.15) is 36.3 Å². The highest BCUT2D eigenvalue weighted by Gasteiger charge is 2.16. The van der Waals surface area contributed by atoms with Crippen molar-refractivity contribution in [3.63, 3.8) is 0 Å². The van der Waals surface area contributed by atoms with Crippen molar-refractivity contribution >= 4 is 22.4 Å². The molecule has 0 radical (unpaired) electrons. The van der Waals surface area contributed by atoms with E-state index in [0.29, 0.717) is 29.2 Å². The summed E-state index contributed by atoms with van der Waals surface area (Å²) >= 11 is 0. The summed E-state index contributed by atoms with van der Waals surface area (Å²) in [7, 11) is 0. The molecule has 5 nitrogen and oxygen atoms in total. The Kier molecular flexibility index (Phi) is 5.16. The molecule has 0 atom stereocenters. The number of aryl methyl sites for hydroxylation is 1. The zero-order valence-electron chi connectivity index (χ0n) is 15.3. The van der Waals surface area contributed by atoms with E-state index in [9.17, 15) is 9.59 Å². The van der Waals surface area contributed by atoms with E-state index in [0.717, 1.165) is 17.4 Å². The molecule has 0 saturated carbocycles. The minimum Gasteiger partial charge on any atom is -0.319 e. The molecule has 0 aliphatic carbocycles. The first-order valence-electron chi connectivity index (χ1n) is 8.81. The number of hydrogen-bond donors (Lipinski definition) is 1. The lowest BCUT2D eigenvalue weighted by molar-refractivity contribution is 0.101. The van der Waals surface area contributed by atoms with Gasteiger partial charge >= 0.3 is 0 Å². The summed E-state index contributed by atoms with van der Waals surface area (Å²) in [6, 6.07) is 11.0. The van der Waals surface area contributed by atoms with Crippen LogP contribution in [0.3, 0.4) is 0 Å². The van der Waals surface area contributed by atoms with Crippen LogP contribution in [-0.4, -0.2) is 15.5 Å². The SMILES string of the molecule is Cc1ccc2cc(C(=O)Nc3cccnc3)n(CCC(C)C)c(=O)c2c1. The first-order valence-corrected chi connectivity index (χ1v) is 8.81. The maximum atomic E-state index is 13.0. The van der Waals surface area contributed by atoms with Crippen LogP contribution in [0.2, 0.25) is 0 Å². The third-order valence-electron chi connectivity index (χ3n) is 4.35. The third kappa shape index (κ3) is 3.82. The number of rotatable bonds is 5. The molecule has 5 heteroatoms. The van der Waals surface area contributed by atoms with Crippen molar-refractivity contribution in [2.45, 2.75) is 33.7 Å². The average Bonchev–Trinajstić information content (AvgIpc) is 2.62. The molecule has 1 amide bonds. The molecule has 1 N–H and O–H groups in total. The fourth-order valence-electron chi connectivity index (χ4n) is 2.89. The van der Waals surface area contributed by atoms with Gasteiger partial charge in [0.15, 0.2) is 0 Å². The number of benzene rings is 1. The molecule has 0 saturated heterocycles. The molecule has 1 aromatic carbocycles. The topological polar surface area (TPSA) is 64.0 Å². The number of aromatic nitrogens is 2. The highest BCUT2D eigenvalue weighted by atomic mass is 16.2. The molecule has 0 fully saturated rings. The van der Waals surface area contributed by atoms with Crippen molar-refractivity contribution in [2.24, 2.45) is 5.92 Å². The van der Waals surface area contributed by atoms with Crippen LogP contribution < -0.4 is 10.9 Å². The first kappa shape index (κ1) is 17.9. The molecule has 2 heterocycles. The highest BCUT2D eigenvalue weighted by Crippen LogP contribution is 2.17. The van der Waals surface area contributed by atoms with Gasteiger partial charge in [-0.1, -0.05) is 31.5 Å². The summed E-state index contributed by atoms with van der Waals surface area (Å²) in [5, 5.41) is 4.25. The van der Waals surface area contributed by atoms with Crippen molar-refractivity contribution in [1.29, 1.82) is 0 Å². The Morgan fingerprint density at radius 2 is 2.04 bits per heavy atom. The number of nitrogens with one attached hydrogen (secondary N) is 1. The normalized spacial score (nSPS) is 11.1. The van der Waals surface area contributed by atoms with Crippen LogP contribution in [0.15, 0.2) is 53.6 Å². The van der Waals surface area contributed by atoms with Gasteiger partial charge < -0.3 is 9.88 Å². The summed E-state index contributed by atoms with van der Waals surface area (Å²) in [6.07, 6.45) is 4.05. The van der Waals surface area contributed by atoms with Gasteiger partial charge in [0.2, 0.25) is 0 Å². The van der Waals surface area contributed by atoms with E-state index in [2.05, 4.69) is 24.1 Å². The van der Waals surface area contributed by atoms with Gasteiger partial charge in [-0.05, 0) is 48.9 Å². The number of nitrogens with zero attached hydrogens (tertiary/aromatic N) is 2. The van der Waals surface area contributed by atoms with Gasteiger partial charge in [-0.2, -0.15) is 0 Å². The molecule has 0 aliphatic rings. The van der Waals surface area contributed by atoms with Crippen LogP contribution in [0.25, 0.3) is 10.8 Å². The van der Waals surface area contributed by atoms with Crippen LogP contribution in [0.4, 0.5) is 5.69 Å². The predicted molar refractivity (Wildman–Crippen MR) is 105 cm³/mol. The number of hydrogen-bond acceptors (Lipinski definition) is 3. The van der Waals surface area contributed by atoms with Crippen molar-refractivity contribution < 1.29 is 4.79 Å². The number of pyridine rings is 2. The zero-order chi connectivity index (χ0) is 18.7. The van der Waals surface area contributed by atoms with Crippen molar-refractivity contribution in [3.8, 4) is 0 Å². The molecule has 0 aliphatic heterocycles. The van der Waals surface area contributed by atoms with E-state index >= 15 is 0 Å². The zero-order valence-corrected chi connectivity index (χ0v) is 15.3. The first-order chi connectivity index (χ1) is 12.5. The average molecular weight is 349 g/mol. The Labute approximate surface area is 152 Å². The Hall–Kier alpha value is -2.95. The molecule has 2 aromatic heterocycles.